The molecule has 16 heavy (non-hydrogen) atoms. The van der Waals surface area contributed by atoms with Gasteiger partial charge in [-0.3, -0.25) is 0 Å². The highest BCUT2D eigenvalue weighted by Gasteiger charge is 2.50. The van der Waals surface area contributed by atoms with E-state index in [9.17, 15) is 10.4 Å². The predicted octanol–water partition coefficient (Wildman–Crippen LogP) is 2.55. The van der Waals surface area contributed by atoms with Crippen LogP contribution in [0.2, 0.25) is 0 Å². The molecule has 1 aliphatic rings. The largest absolute Gasteiger partial charge is 0.393 e. The second-order valence-electron chi connectivity index (χ2n) is 4.83. The van der Waals surface area contributed by atoms with Gasteiger partial charge in [0.15, 0.2) is 0 Å². The first-order valence-electron chi connectivity index (χ1n) is 5.76. The fourth-order valence-corrected chi connectivity index (χ4v) is 2.67. The SMILES string of the molecule is Cc1ccc([C@@]2(C#N)CC[C@H]2C(C)O)cc1. The normalized spacial score (nSPS) is 30.2. The van der Waals surface area contributed by atoms with Gasteiger partial charge in [-0.15, -0.1) is 0 Å². The first-order valence-corrected chi connectivity index (χ1v) is 5.76. The molecular weight excluding hydrogens is 198 g/mol. The summed E-state index contributed by atoms with van der Waals surface area (Å²) in [6.45, 7) is 3.82. The van der Waals surface area contributed by atoms with E-state index in [1.165, 1.54) is 5.56 Å². The molecule has 0 aromatic heterocycles. The zero-order chi connectivity index (χ0) is 11.8. The molecule has 1 aromatic carbocycles. The third-order valence-corrected chi connectivity index (χ3v) is 3.83. The summed E-state index contributed by atoms with van der Waals surface area (Å²) in [5.74, 6) is 0.0835. The van der Waals surface area contributed by atoms with E-state index in [0.717, 1.165) is 18.4 Å². The Morgan fingerprint density at radius 3 is 2.44 bits per heavy atom. The Morgan fingerprint density at radius 1 is 1.44 bits per heavy atom. The van der Waals surface area contributed by atoms with Gasteiger partial charge in [0.1, 0.15) is 0 Å². The van der Waals surface area contributed by atoms with Gasteiger partial charge >= 0.3 is 0 Å². The maximum absolute atomic E-state index is 9.70. The Balaban J connectivity index is 2.37. The predicted molar refractivity (Wildman–Crippen MR) is 62.9 cm³/mol. The van der Waals surface area contributed by atoms with Gasteiger partial charge in [0.25, 0.3) is 0 Å². The summed E-state index contributed by atoms with van der Waals surface area (Å²) in [5, 5.41) is 19.1. The highest BCUT2D eigenvalue weighted by Crippen LogP contribution is 2.50. The van der Waals surface area contributed by atoms with Crippen LogP contribution in [-0.2, 0) is 5.41 Å². The molecule has 0 saturated heterocycles. The molecule has 0 amide bonds. The topological polar surface area (TPSA) is 44.0 Å². The van der Waals surface area contributed by atoms with Crippen molar-refractivity contribution in [3.63, 3.8) is 0 Å². The van der Waals surface area contributed by atoms with Gasteiger partial charge in [0.05, 0.1) is 17.6 Å². The zero-order valence-corrected chi connectivity index (χ0v) is 9.77. The van der Waals surface area contributed by atoms with Crippen molar-refractivity contribution >= 4 is 0 Å². The van der Waals surface area contributed by atoms with Gasteiger partial charge in [-0.1, -0.05) is 29.8 Å². The van der Waals surface area contributed by atoms with Crippen LogP contribution in [0.5, 0.6) is 0 Å². The second-order valence-corrected chi connectivity index (χ2v) is 4.83. The van der Waals surface area contributed by atoms with Gasteiger partial charge in [-0.25, -0.2) is 0 Å². The Bertz CT molecular complexity index is 415. The van der Waals surface area contributed by atoms with E-state index in [1.807, 2.05) is 31.2 Å². The summed E-state index contributed by atoms with van der Waals surface area (Å²) < 4.78 is 0. The van der Waals surface area contributed by atoms with E-state index in [1.54, 1.807) is 6.92 Å². The smallest absolute Gasteiger partial charge is 0.0875 e. The number of rotatable bonds is 2. The maximum atomic E-state index is 9.70. The van der Waals surface area contributed by atoms with E-state index in [-0.39, 0.29) is 5.92 Å². The Morgan fingerprint density at radius 2 is 2.06 bits per heavy atom. The molecule has 3 atom stereocenters. The Kier molecular flexibility index (Phi) is 2.73. The average molecular weight is 215 g/mol. The van der Waals surface area contributed by atoms with Crippen LogP contribution >= 0.6 is 0 Å². The first-order chi connectivity index (χ1) is 7.60. The van der Waals surface area contributed by atoms with Crippen LogP contribution in [0.3, 0.4) is 0 Å². The van der Waals surface area contributed by atoms with Crippen molar-refractivity contribution in [1.82, 2.24) is 0 Å². The first kappa shape index (κ1) is 11.2. The molecule has 2 heteroatoms. The highest BCUT2D eigenvalue weighted by atomic mass is 16.3. The zero-order valence-electron chi connectivity index (χ0n) is 9.77. The number of benzene rings is 1. The van der Waals surface area contributed by atoms with E-state index >= 15 is 0 Å². The van der Waals surface area contributed by atoms with Crippen molar-refractivity contribution in [2.45, 2.75) is 38.2 Å². The van der Waals surface area contributed by atoms with Crippen molar-refractivity contribution in [1.29, 1.82) is 5.26 Å². The quantitative estimate of drug-likeness (QED) is 0.824. The monoisotopic (exact) mass is 215 g/mol. The summed E-state index contributed by atoms with van der Waals surface area (Å²) in [6, 6.07) is 10.5. The number of nitriles is 1. The van der Waals surface area contributed by atoms with Gasteiger partial charge < -0.3 is 5.11 Å². The lowest BCUT2D eigenvalue weighted by Crippen LogP contribution is -2.48. The standard InChI is InChI=1S/C14H17NO/c1-10-3-5-12(6-4-10)14(9-15)8-7-13(14)11(2)16/h3-6,11,13,16H,7-8H2,1-2H3/t11?,13-,14-/m0/s1. The Labute approximate surface area is 96.5 Å². The molecule has 1 aromatic rings. The van der Waals surface area contributed by atoms with Crippen LogP contribution in [0.25, 0.3) is 0 Å². The fraction of sp³-hybridized carbons (Fsp3) is 0.500. The van der Waals surface area contributed by atoms with E-state index in [0.29, 0.717) is 0 Å². The molecule has 0 aliphatic heterocycles. The van der Waals surface area contributed by atoms with Gasteiger partial charge in [-0.2, -0.15) is 5.26 Å². The van der Waals surface area contributed by atoms with Crippen molar-refractivity contribution < 1.29 is 5.11 Å². The molecule has 0 spiro atoms. The molecule has 1 unspecified atom stereocenters. The summed E-state index contributed by atoms with van der Waals surface area (Å²) in [6.07, 6.45) is 1.40. The minimum absolute atomic E-state index is 0.0835. The molecule has 0 bridgehead atoms. The van der Waals surface area contributed by atoms with Crippen LogP contribution in [0.4, 0.5) is 0 Å². The number of aliphatic hydroxyl groups is 1. The molecule has 1 fully saturated rings. The molecule has 1 N–H and O–H groups in total. The lowest BCUT2D eigenvalue weighted by molar-refractivity contribution is 0.0268. The average Bonchev–Trinajstić information content (AvgIpc) is 2.20. The minimum atomic E-state index is -0.456. The van der Waals surface area contributed by atoms with Crippen molar-refractivity contribution in [3.8, 4) is 6.07 Å². The van der Waals surface area contributed by atoms with Gasteiger partial charge in [0, 0.05) is 5.92 Å². The lowest BCUT2D eigenvalue weighted by atomic mass is 9.56. The molecule has 2 rings (SSSR count). The number of nitrogens with zero attached hydrogens (tertiary/aromatic N) is 1. The summed E-state index contributed by atoms with van der Waals surface area (Å²) >= 11 is 0. The van der Waals surface area contributed by atoms with Crippen LogP contribution < -0.4 is 0 Å². The summed E-state index contributed by atoms with van der Waals surface area (Å²) in [5.41, 5.74) is 1.80. The molecule has 2 nitrogen and oxygen atoms in total. The highest BCUT2D eigenvalue weighted by molar-refractivity contribution is 5.38. The number of aliphatic hydroxyl groups excluding tert-OH is 1. The van der Waals surface area contributed by atoms with Crippen molar-refractivity contribution in [2.75, 3.05) is 0 Å². The van der Waals surface area contributed by atoms with Gasteiger partial charge in [-0.05, 0) is 32.3 Å². The third-order valence-electron chi connectivity index (χ3n) is 3.83. The molecule has 1 aliphatic carbocycles. The van der Waals surface area contributed by atoms with E-state index in [4.69, 9.17) is 0 Å². The second kappa shape index (κ2) is 3.92. The molecule has 84 valence electrons. The van der Waals surface area contributed by atoms with Crippen molar-refractivity contribution in [3.05, 3.63) is 35.4 Å². The third kappa shape index (κ3) is 1.52. The fourth-order valence-electron chi connectivity index (χ4n) is 2.67. The number of aryl methyl sites for hydroxylation is 1. The summed E-state index contributed by atoms with van der Waals surface area (Å²) in [7, 11) is 0. The van der Waals surface area contributed by atoms with Crippen LogP contribution in [-0.4, -0.2) is 11.2 Å². The van der Waals surface area contributed by atoms with E-state index in [2.05, 4.69) is 6.07 Å². The molecule has 0 heterocycles. The lowest BCUT2D eigenvalue weighted by Gasteiger charge is -2.46. The maximum Gasteiger partial charge on any atom is 0.0875 e. The molecular formula is C14H17NO. The minimum Gasteiger partial charge on any atom is -0.393 e. The summed E-state index contributed by atoms with van der Waals surface area (Å²) in [4.78, 5) is 0. The van der Waals surface area contributed by atoms with Crippen LogP contribution in [0.1, 0.15) is 30.9 Å². The Hall–Kier alpha value is -1.33. The van der Waals surface area contributed by atoms with E-state index < -0.39 is 11.5 Å². The van der Waals surface area contributed by atoms with Crippen LogP contribution in [0.15, 0.2) is 24.3 Å². The van der Waals surface area contributed by atoms with Gasteiger partial charge in [0.2, 0.25) is 0 Å². The van der Waals surface area contributed by atoms with Crippen LogP contribution in [0, 0.1) is 24.2 Å². The molecule has 0 radical (unpaired) electrons. The number of hydrogen-bond donors (Lipinski definition) is 1. The molecule has 1 saturated carbocycles. The number of hydrogen-bond acceptors (Lipinski definition) is 2. The van der Waals surface area contributed by atoms with Crippen molar-refractivity contribution in [2.24, 2.45) is 5.92 Å².